The summed E-state index contributed by atoms with van der Waals surface area (Å²) in [6.07, 6.45) is 4.62. The zero-order valence-electron chi connectivity index (χ0n) is 42.8. The first-order valence-corrected chi connectivity index (χ1v) is 26.4. The van der Waals surface area contributed by atoms with Gasteiger partial charge >= 0.3 is 12.1 Å². The smallest absolute Gasteiger partial charge is 0.409 e. The molecule has 2 N–H and O–H groups in total. The second-order valence-electron chi connectivity index (χ2n) is 20.2. The van der Waals surface area contributed by atoms with Crippen molar-refractivity contribution < 1.29 is 62.4 Å². The summed E-state index contributed by atoms with van der Waals surface area (Å²) in [6.45, 7) is 11.4. The number of esters is 1. The number of hydrogen-bond donors (Lipinski definition) is 2. The van der Waals surface area contributed by atoms with Gasteiger partial charge in [0.25, 0.3) is 0 Å². The topological polar surface area (TPSA) is 211 Å². The number of aliphatic hydroxyl groups is 1. The molecule has 5 amide bonds. The molecule has 1 aromatic rings. The van der Waals surface area contributed by atoms with Gasteiger partial charge in [-0.3, -0.25) is 34.2 Å². The van der Waals surface area contributed by atoms with Gasteiger partial charge in [-0.1, -0.05) is 63.1 Å². The summed E-state index contributed by atoms with van der Waals surface area (Å²) in [5.41, 5.74) is -1.13. The summed E-state index contributed by atoms with van der Waals surface area (Å²) in [6, 6.07) is 2.49. The Balaban J connectivity index is 1.15. The average Bonchev–Trinajstić information content (AvgIpc) is 3.97. The molecule has 17 nitrogen and oxygen atoms in total. The Bertz CT molecular complexity index is 2250. The van der Waals surface area contributed by atoms with Gasteiger partial charge in [0.2, 0.25) is 23.6 Å². The lowest BCUT2D eigenvalue weighted by Gasteiger charge is -2.42. The van der Waals surface area contributed by atoms with Gasteiger partial charge in [0.05, 0.1) is 30.6 Å². The number of halogens is 1. The van der Waals surface area contributed by atoms with Crippen molar-refractivity contribution in [3.8, 4) is 5.75 Å². The number of methoxy groups -OCH3 is 2. The van der Waals surface area contributed by atoms with E-state index in [-0.39, 0.29) is 78.4 Å². The van der Waals surface area contributed by atoms with E-state index in [0.717, 1.165) is 43.2 Å². The highest BCUT2D eigenvalue weighted by molar-refractivity contribution is 8.00. The lowest BCUT2D eigenvalue weighted by molar-refractivity contribution is -0.162. The van der Waals surface area contributed by atoms with Crippen molar-refractivity contribution >= 4 is 70.5 Å². The monoisotopic (exact) mass is 1030 g/mol. The van der Waals surface area contributed by atoms with Crippen LogP contribution in [-0.4, -0.2) is 144 Å². The fourth-order valence-electron chi connectivity index (χ4n) is 10.5. The largest absolute Gasteiger partial charge is 0.495 e. The molecular weight excluding hydrogens is 956 g/mol. The number of amides is 5. The van der Waals surface area contributed by atoms with E-state index in [1.165, 1.54) is 47.7 Å². The third kappa shape index (κ3) is 12.7. The molecule has 4 heterocycles. The van der Waals surface area contributed by atoms with Crippen molar-refractivity contribution in [3.05, 3.63) is 46.5 Å². The number of epoxide rings is 1. The molecule has 4 bridgehead atoms. The van der Waals surface area contributed by atoms with Crippen LogP contribution in [0.3, 0.4) is 0 Å². The van der Waals surface area contributed by atoms with Crippen LogP contribution in [0.2, 0.25) is 5.02 Å². The standard InChI is InChI=1S/C52H73ClN4O13S/c1-11-30(4)46(61)34-18-16-32(17-19-34)28-57-44(60)25-39(48(57)62)71-21-20-42(58)55(7)35(12-2)49(63)69-41-26-43(59)56(8)36-23-33(24-37(66-9)45(36)53)22-29(3)14-13-15-40(67-10)52(65)27-38(68-50(64)54-52)31(5)47-51(41,6)70-47/h13-15,23-24,30-32,34-35,38-41,47,65H,11-12,16-22,25-28H2,1-10H3,(H,54,64)/b15-13+,29-14+/t30?,31-,32?,34?,35+,38+,39?,40-,41+,47+,51+,52+/m1/s1. The maximum atomic E-state index is 14.4. The molecule has 2 unspecified atom stereocenters. The second kappa shape index (κ2) is 23.6. The van der Waals surface area contributed by atoms with Crippen LogP contribution in [-0.2, 0) is 54.1 Å². The number of alkyl carbamates (subject to hydrolysis) is 1. The Labute approximate surface area is 427 Å². The van der Waals surface area contributed by atoms with Crippen LogP contribution in [0.25, 0.3) is 0 Å². The number of carbonyl (C=O) groups is 7. The number of likely N-dealkylation sites (tertiary alicyclic amines) is 1. The predicted octanol–water partition coefficient (Wildman–Crippen LogP) is 6.58. The molecule has 6 rings (SSSR count). The summed E-state index contributed by atoms with van der Waals surface area (Å²) < 4.78 is 29.6. The van der Waals surface area contributed by atoms with Crippen molar-refractivity contribution in [2.24, 2.45) is 23.7 Å². The second-order valence-corrected chi connectivity index (χ2v) is 21.9. The first kappa shape index (κ1) is 55.8. The summed E-state index contributed by atoms with van der Waals surface area (Å²) in [4.78, 5) is 98.8. The molecule has 1 aromatic carbocycles. The Morgan fingerprint density at radius 2 is 1.76 bits per heavy atom. The SMILES string of the molecule is CCC(C)C(=O)C1CCC(CN2C(=O)CC(SCCC(=O)N(C)[C@@H](CC)C(=O)O[C@H]3CC(=O)N(C)c4cc(cc(OC)c4Cl)C/C(C)=C/C=C/[C@@H](OC)[C@@]4(O)C[C@H](OC(=O)N4)[C@@H](C)[C@@H]4O[C@@]34C)C2=O)CC1. The molecule has 5 aliphatic rings. The molecule has 10 atom stereocenters. The fourth-order valence-corrected chi connectivity index (χ4v) is 11.9. The molecule has 0 radical (unpaired) electrons. The Kier molecular flexibility index (Phi) is 18.5. The first-order valence-electron chi connectivity index (χ1n) is 24.9. The minimum atomic E-state index is -1.87. The summed E-state index contributed by atoms with van der Waals surface area (Å²) in [5, 5.41) is 14.0. The van der Waals surface area contributed by atoms with E-state index < -0.39 is 70.9 Å². The number of benzene rings is 1. The van der Waals surface area contributed by atoms with Crippen LogP contribution in [0, 0.1) is 23.7 Å². The normalized spacial score (nSPS) is 32.4. The van der Waals surface area contributed by atoms with E-state index in [9.17, 15) is 38.7 Å². The Hall–Kier alpha value is -4.49. The van der Waals surface area contributed by atoms with E-state index in [1.54, 1.807) is 52.1 Å². The Morgan fingerprint density at radius 3 is 2.41 bits per heavy atom. The number of ketones is 1. The summed E-state index contributed by atoms with van der Waals surface area (Å²) >= 11 is 8.08. The maximum absolute atomic E-state index is 14.4. The molecule has 4 fully saturated rings. The minimum Gasteiger partial charge on any atom is -0.495 e. The fraction of sp³-hybridized carbons (Fsp3) is 0.673. The number of ether oxygens (including phenoxy) is 5. The van der Waals surface area contributed by atoms with E-state index in [1.807, 2.05) is 26.8 Å². The molecule has 1 saturated carbocycles. The van der Waals surface area contributed by atoms with Crippen molar-refractivity contribution in [2.75, 3.05) is 45.5 Å². The zero-order chi connectivity index (χ0) is 52.1. The molecule has 1 aliphatic carbocycles. The quantitative estimate of drug-likeness (QED) is 0.108. The number of anilines is 1. The number of Topliss-reactive ketones (excluding diaryl/α,β-unsaturated/α-hetero) is 1. The highest BCUT2D eigenvalue weighted by atomic mass is 35.5. The molecule has 19 heteroatoms. The summed E-state index contributed by atoms with van der Waals surface area (Å²) in [7, 11) is 5.96. The van der Waals surface area contributed by atoms with Gasteiger partial charge < -0.3 is 38.6 Å². The van der Waals surface area contributed by atoms with Gasteiger partial charge in [0, 0.05) is 70.5 Å². The molecule has 0 spiro atoms. The number of likely N-dealkylation sites (N-methyl/N-ethyl adjacent to an activating group) is 1. The van der Waals surface area contributed by atoms with E-state index in [2.05, 4.69) is 5.32 Å². The van der Waals surface area contributed by atoms with E-state index in [0.29, 0.717) is 30.2 Å². The minimum absolute atomic E-state index is 0.0239. The molecule has 0 aromatic heterocycles. The highest BCUT2D eigenvalue weighted by Gasteiger charge is 2.64. The lowest BCUT2D eigenvalue weighted by atomic mass is 9.77. The number of rotatable bonds is 15. The van der Waals surface area contributed by atoms with E-state index >= 15 is 0 Å². The van der Waals surface area contributed by atoms with Crippen molar-refractivity contribution in [1.29, 1.82) is 0 Å². The highest BCUT2D eigenvalue weighted by Crippen LogP contribution is 2.49. The average molecular weight is 1030 g/mol. The molecular formula is C52H73ClN4O13S. The number of hydrogen-bond acceptors (Lipinski definition) is 14. The number of carbonyl (C=O) groups excluding carboxylic acids is 7. The van der Waals surface area contributed by atoms with Crippen molar-refractivity contribution in [2.45, 2.75) is 159 Å². The molecule has 4 aliphatic heterocycles. The van der Waals surface area contributed by atoms with Gasteiger partial charge in [0.1, 0.15) is 46.5 Å². The predicted molar refractivity (Wildman–Crippen MR) is 268 cm³/mol. The number of imide groups is 1. The third-order valence-electron chi connectivity index (χ3n) is 15.4. The number of nitrogens with one attached hydrogen (secondary N) is 1. The molecule has 392 valence electrons. The lowest BCUT2D eigenvalue weighted by Crippen LogP contribution is -2.63. The molecule has 3 saturated heterocycles. The third-order valence-corrected chi connectivity index (χ3v) is 16.9. The van der Waals surface area contributed by atoms with Crippen molar-refractivity contribution in [3.63, 3.8) is 0 Å². The van der Waals surface area contributed by atoms with Gasteiger partial charge in [0.15, 0.2) is 5.72 Å². The van der Waals surface area contributed by atoms with Gasteiger partial charge in [-0.2, -0.15) is 0 Å². The maximum Gasteiger partial charge on any atom is 0.409 e. The van der Waals surface area contributed by atoms with Gasteiger partial charge in [-0.15, -0.1) is 11.8 Å². The van der Waals surface area contributed by atoms with Crippen LogP contribution in [0.15, 0.2) is 35.9 Å². The van der Waals surface area contributed by atoms with Crippen LogP contribution in [0.4, 0.5) is 10.5 Å². The van der Waals surface area contributed by atoms with Crippen LogP contribution < -0.4 is 15.0 Å². The zero-order valence-corrected chi connectivity index (χ0v) is 44.4. The molecule has 71 heavy (non-hydrogen) atoms. The van der Waals surface area contributed by atoms with Gasteiger partial charge in [-0.25, -0.2) is 9.59 Å². The number of allylic oxidation sites excluding steroid dienone is 3. The van der Waals surface area contributed by atoms with Crippen LogP contribution in [0.5, 0.6) is 5.75 Å². The van der Waals surface area contributed by atoms with E-state index in [4.69, 9.17) is 35.3 Å². The van der Waals surface area contributed by atoms with Crippen LogP contribution >= 0.6 is 23.4 Å². The number of thioether (sulfide) groups is 1. The Morgan fingerprint density at radius 1 is 1.06 bits per heavy atom. The van der Waals surface area contributed by atoms with Gasteiger partial charge in [-0.05, 0) is 82.4 Å². The summed E-state index contributed by atoms with van der Waals surface area (Å²) in [5.74, 6) is -1.62. The number of fused-ring (bicyclic) bond motifs is 5. The van der Waals surface area contributed by atoms with Crippen molar-refractivity contribution in [1.82, 2.24) is 15.1 Å². The first-order chi connectivity index (χ1) is 33.6. The van der Waals surface area contributed by atoms with Crippen LogP contribution in [0.1, 0.15) is 111 Å². The number of nitrogens with zero attached hydrogens (tertiary/aromatic N) is 3.